The molecule has 116 valence electrons. The number of nitrogens with zero attached hydrogens (tertiary/aromatic N) is 3. The first kappa shape index (κ1) is 13.6. The van der Waals surface area contributed by atoms with Gasteiger partial charge in [0.05, 0.1) is 28.6 Å². The topological polar surface area (TPSA) is 98.5 Å². The number of nitrogens with one attached hydrogen (secondary N) is 1. The van der Waals surface area contributed by atoms with Gasteiger partial charge in [0.15, 0.2) is 5.95 Å². The number of nitrogen functional groups attached to an aromatic ring is 2. The van der Waals surface area contributed by atoms with Gasteiger partial charge in [-0.15, -0.1) is 0 Å². The van der Waals surface area contributed by atoms with Crippen molar-refractivity contribution in [3.05, 3.63) is 47.0 Å². The third-order valence-electron chi connectivity index (χ3n) is 4.26. The Morgan fingerprint density at radius 3 is 2.74 bits per heavy atom. The highest BCUT2D eigenvalue weighted by atomic mass is 15.2. The molecular weight excluding hydrogens is 288 g/mol. The van der Waals surface area contributed by atoms with Crippen LogP contribution in [-0.4, -0.2) is 19.5 Å². The van der Waals surface area contributed by atoms with E-state index in [9.17, 15) is 0 Å². The fourth-order valence-corrected chi connectivity index (χ4v) is 3.03. The fraction of sp³-hybridized carbons (Fsp3) is 0.176. The highest BCUT2D eigenvalue weighted by Gasteiger charge is 2.14. The van der Waals surface area contributed by atoms with Crippen LogP contribution in [0.1, 0.15) is 16.7 Å². The fourth-order valence-electron chi connectivity index (χ4n) is 3.03. The van der Waals surface area contributed by atoms with Gasteiger partial charge in [-0.3, -0.25) is 0 Å². The number of anilines is 2. The Bertz CT molecular complexity index is 1040. The van der Waals surface area contributed by atoms with Gasteiger partial charge >= 0.3 is 0 Å². The van der Waals surface area contributed by atoms with Gasteiger partial charge in [0.25, 0.3) is 0 Å². The Kier molecular flexibility index (Phi) is 2.81. The van der Waals surface area contributed by atoms with Gasteiger partial charge in [-0.2, -0.15) is 0 Å². The minimum atomic E-state index is 0.422. The van der Waals surface area contributed by atoms with Gasteiger partial charge < -0.3 is 21.0 Å². The summed E-state index contributed by atoms with van der Waals surface area (Å²) in [7, 11) is 0. The molecule has 6 nitrogen and oxygen atoms in total. The number of fused-ring (bicyclic) bond motifs is 2. The van der Waals surface area contributed by atoms with Gasteiger partial charge in [-0.05, 0) is 43.2 Å². The number of aromatic amines is 1. The minimum absolute atomic E-state index is 0.422. The SMILES string of the molecule is Cc1ccc2c(c1)nc(N)n2Cc1c(C)ccc2[nH]c(N)nc12. The van der Waals surface area contributed by atoms with Gasteiger partial charge in [0, 0.05) is 5.56 Å². The number of hydrogen-bond donors (Lipinski definition) is 3. The zero-order valence-corrected chi connectivity index (χ0v) is 13.1. The predicted molar refractivity (Wildman–Crippen MR) is 93.2 cm³/mol. The van der Waals surface area contributed by atoms with Crippen molar-refractivity contribution in [2.45, 2.75) is 20.4 Å². The van der Waals surface area contributed by atoms with Crippen molar-refractivity contribution < 1.29 is 0 Å². The first-order valence-electron chi connectivity index (χ1n) is 7.49. The third kappa shape index (κ3) is 2.11. The summed E-state index contributed by atoms with van der Waals surface area (Å²) in [5, 5.41) is 0. The molecule has 0 radical (unpaired) electrons. The number of rotatable bonds is 2. The van der Waals surface area contributed by atoms with Crippen LogP contribution in [0.4, 0.5) is 11.9 Å². The first-order valence-corrected chi connectivity index (χ1v) is 7.49. The molecular formula is C17H18N6. The molecule has 0 amide bonds. The van der Waals surface area contributed by atoms with E-state index in [4.69, 9.17) is 11.5 Å². The van der Waals surface area contributed by atoms with Crippen LogP contribution < -0.4 is 11.5 Å². The van der Waals surface area contributed by atoms with Crippen LogP contribution >= 0.6 is 0 Å². The lowest BCUT2D eigenvalue weighted by Gasteiger charge is -2.10. The van der Waals surface area contributed by atoms with Crippen molar-refractivity contribution in [1.29, 1.82) is 0 Å². The van der Waals surface area contributed by atoms with E-state index in [1.807, 2.05) is 23.6 Å². The van der Waals surface area contributed by atoms with Crippen LogP contribution in [0.2, 0.25) is 0 Å². The van der Waals surface area contributed by atoms with Crippen molar-refractivity contribution in [3.63, 3.8) is 0 Å². The molecule has 0 aliphatic carbocycles. The van der Waals surface area contributed by atoms with Gasteiger partial charge in [0.1, 0.15) is 0 Å². The molecule has 0 spiro atoms. The standard InChI is InChI=1S/C17H18N6/c1-9-3-6-14-13(7-9)21-17(19)23(14)8-11-10(2)4-5-12-15(11)22-16(18)20-12/h3-7H,8H2,1-2H3,(H2,19,21)(H3,18,20,22). The molecule has 0 aliphatic heterocycles. The van der Waals surface area contributed by atoms with E-state index in [1.54, 1.807) is 0 Å². The zero-order chi connectivity index (χ0) is 16.1. The number of aromatic nitrogens is 4. The number of H-pyrrole nitrogens is 1. The Morgan fingerprint density at radius 1 is 1.09 bits per heavy atom. The van der Waals surface area contributed by atoms with Gasteiger partial charge in [-0.25, -0.2) is 9.97 Å². The Balaban J connectivity index is 1.91. The second-order valence-corrected chi connectivity index (χ2v) is 5.93. The average Bonchev–Trinajstić information content (AvgIpc) is 3.01. The Morgan fingerprint density at radius 2 is 1.91 bits per heavy atom. The Hall–Kier alpha value is -3.02. The van der Waals surface area contributed by atoms with Gasteiger partial charge in [0.2, 0.25) is 5.95 Å². The van der Waals surface area contributed by atoms with Crippen molar-refractivity contribution in [1.82, 2.24) is 19.5 Å². The molecule has 2 aromatic heterocycles. The largest absolute Gasteiger partial charge is 0.369 e. The maximum absolute atomic E-state index is 6.15. The monoisotopic (exact) mass is 306 g/mol. The molecule has 0 bridgehead atoms. The predicted octanol–water partition coefficient (Wildman–Crippen LogP) is 2.74. The van der Waals surface area contributed by atoms with Crippen molar-refractivity contribution >= 4 is 34.0 Å². The van der Waals surface area contributed by atoms with E-state index in [0.717, 1.165) is 33.2 Å². The molecule has 0 saturated heterocycles. The van der Waals surface area contributed by atoms with E-state index in [1.165, 1.54) is 5.56 Å². The third-order valence-corrected chi connectivity index (χ3v) is 4.26. The minimum Gasteiger partial charge on any atom is -0.369 e. The smallest absolute Gasteiger partial charge is 0.201 e. The zero-order valence-electron chi connectivity index (χ0n) is 13.1. The second kappa shape index (κ2) is 4.74. The van der Waals surface area contributed by atoms with Crippen LogP contribution in [0.15, 0.2) is 30.3 Å². The normalized spacial score (nSPS) is 11.6. The lowest BCUT2D eigenvalue weighted by atomic mass is 10.1. The molecule has 2 aromatic carbocycles. The summed E-state index contributed by atoms with van der Waals surface area (Å²) in [5.41, 5.74) is 19.1. The average molecular weight is 306 g/mol. The number of nitrogens with two attached hydrogens (primary N) is 2. The van der Waals surface area contributed by atoms with Crippen molar-refractivity contribution in [3.8, 4) is 0 Å². The number of benzene rings is 2. The van der Waals surface area contributed by atoms with Crippen LogP contribution in [0.25, 0.3) is 22.1 Å². The van der Waals surface area contributed by atoms with E-state index < -0.39 is 0 Å². The molecule has 0 unspecified atom stereocenters. The molecule has 4 rings (SSSR count). The summed E-state index contributed by atoms with van der Waals surface area (Å²) in [6.45, 7) is 4.73. The number of hydrogen-bond acceptors (Lipinski definition) is 4. The summed E-state index contributed by atoms with van der Waals surface area (Å²) in [4.78, 5) is 12.0. The number of aryl methyl sites for hydroxylation is 2. The van der Waals surface area contributed by atoms with Crippen LogP contribution in [-0.2, 0) is 6.54 Å². The molecule has 0 aliphatic rings. The summed E-state index contributed by atoms with van der Waals surface area (Å²) in [6.07, 6.45) is 0. The van der Waals surface area contributed by atoms with Crippen LogP contribution in [0.5, 0.6) is 0 Å². The maximum atomic E-state index is 6.15. The van der Waals surface area contributed by atoms with Gasteiger partial charge in [-0.1, -0.05) is 12.1 Å². The highest BCUT2D eigenvalue weighted by molar-refractivity contribution is 5.83. The number of imidazole rings is 2. The molecule has 23 heavy (non-hydrogen) atoms. The highest BCUT2D eigenvalue weighted by Crippen LogP contribution is 2.26. The van der Waals surface area contributed by atoms with Crippen LogP contribution in [0.3, 0.4) is 0 Å². The quantitative estimate of drug-likeness (QED) is 0.530. The maximum Gasteiger partial charge on any atom is 0.201 e. The molecule has 0 saturated carbocycles. The van der Waals surface area contributed by atoms with Crippen molar-refractivity contribution in [2.24, 2.45) is 0 Å². The van der Waals surface area contributed by atoms with E-state index >= 15 is 0 Å². The summed E-state index contributed by atoms with van der Waals surface area (Å²) in [6, 6.07) is 10.2. The molecule has 5 N–H and O–H groups in total. The lowest BCUT2D eigenvalue weighted by Crippen LogP contribution is -2.06. The lowest BCUT2D eigenvalue weighted by molar-refractivity contribution is 0.837. The second-order valence-electron chi connectivity index (χ2n) is 5.93. The molecule has 6 heteroatoms. The van der Waals surface area contributed by atoms with Crippen molar-refractivity contribution in [2.75, 3.05) is 11.5 Å². The van der Waals surface area contributed by atoms with E-state index in [-0.39, 0.29) is 0 Å². The molecule has 4 aromatic rings. The van der Waals surface area contributed by atoms with E-state index in [2.05, 4.69) is 40.1 Å². The first-order chi connectivity index (χ1) is 11.0. The molecule has 2 heterocycles. The summed E-state index contributed by atoms with van der Waals surface area (Å²) < 4.78 is 2.02. The van der Waals surface area contributed by atoms with Crippen LogP contribution in [0, 0.1) is 13.8 Å². The van der Waals surface area contributed by atoms with E-state index in [0.29, 0.717) is 18.4 Å². The summed E-state index contributed by atoms with van der Waals surface area (Å²) >= 11 is 0. The molecule has 0 fully saturated rings. The summed E-state index contributed by atoms with van der Waals surface area (Å²) in [5.74, 6) is 0.927. The molecule has 0 atom stereocenters. The Labute approximate surface area is 133 Å².